The van der Waals surface area contributed by atoms with E-state index in [1.54, 1.807) is 7.11 Å². The first-order valence-corrected chi connectivity index (χ1v) is 16.2. The summed E-state index contributed by atoms with van der Waals surface area (Å²) >= 11 is 8.08. The van der Waals surface area contributed by atoms with E-state index in [0.717, 1.165) is 79.7 Å². The summed E-state index contributed by atoms with van der Waals surface area (Å²) in [6, 6.07) is 15.9. The second kappa shape index (κ2) is 11.5. The zero-order chi connectivity index (χ0) is 29.6. The van der Waals surface area contributed by atoms with E-state index in [1.807, 2.05) is 52.5 Å². The molecule has 0 bridgehead atoms. The minimum Gasteiger partial charge on any atom is -0.497 e. The molecule has 0 N–H and O–H groups in total. The van der Waals surface area contributed by atoms with Gasteiger partial charge in [-0.1, -0.05) is 17.7 Å². The Morgan fingerprint density at radius 2 is 1.60 bits per heavy atom. The molecule has 2 aromatic carbocycles. The molecule has 0 unspecified atom stereocenters. The van der Waals surface area contributed by atoms with E-state index in [-0.39, 0.29) is 11.8 Å². The molecule has 43 heavy (non-hydrogen) atoms. The highest BCUT2D eigenvalue weighted by molar-refractivity contribution is 7.21. The average molecular weight is 615 g/mol. The van der Waals surface area contributed by atoms with Crippen molar-refractivity contribution in [1.82, 2.24) is 14.8 Å². The topological polar surface area (TPSA) is 66.0 Å². The Morgan fingerprint density at radius 3 is 2.35 bits per heavy atom. The molecule has 222 valence electrons. The van der Waals surface area contributed by atoms with Crippen molar-refractivity contribution in [2.45, 2.75) is 38.6 Å². The normalized spacial score (nSPS) is 18.1. The number of piperidine rings is 2. The Balaban J connectivity index is 1.000. The minimum atomic E-state index is -0.0659. The second-order valence-electron chi connectivity index (χ2n) is 12.1. The van der Waals surface area contributed by atoms with Gasteiger partial charge in [0.1, 0.15) is 10.6 Å². The van der Waals surface area contributed by atoms with Gasteiger partial charge in [-0.15, -0.1) is 11.3 Å². The molecule has 5 heterocycles. The molecule has 1 spiro atoms. The molecular formula is C34H35ClN4O3S. The van der Waals surface area contributed by atoms with Crippen LogP contribution >= 0.6 is 22.9 Å². The lowest BCUT2D eigenvalue weighted by atomic mass is 9.71. The average Bonchev–Trinajstić information content (AvgIpc) is 3.39. The number of benzene rings is 2. The quantitative estimate of drug-likeness (QED) is 0.257. The Hall–Kier alpha value is -3.62. The highest BCUT2D eigenvalue weighted by Gasteiger charge is 2.39. The van der Waals surface area contributed by atoms with Gasteiger partial charge in [-0.05, 0) is 91.1 Å². The van der Waals surface area contributed by atoms with E-state index in [0.29, 0.717) is 34.0 Å². The van der Waals surface area contributed by atoms with Crippen LogP contribution in [0, 0.1) is 5.41 Å². The molecule has 0 radical (unpaired) electrons. The number of fused-ring (bicyclic) bond motifs is 2. The molecule has 0 atom stereocenters. The third kappa shape index (κ3) is 5.36. The van der Waals surface area contributed by atoms with Crippen molar-refractivity contribution in [2.24, 2.45) is 5.41 Å². The second-order valence-corrected chi connectivity index (χ2v) is 13.5. The zero-order valence-electron chi connectivity index (χ0n) is 24.4. The fourth-order valence-corrected chi connectivity index (χ4v) is 8.49. The number of ether oxygens (including phenoxy) is 1. The SMILES string of the molecule is COc1ccc2c(Cl)c(C(=O)N3CCc4ccc(C(=O)N5CCC6(CC5)CCN(c5ccncc5)CC6)cc4C3)sc2c1. The van der Waals surface area contributed by atoms with Crippen molar-refractivity contribution < 1.29 is 14.3 Å². The number of carbonyl (C=O) groups excluding carboxylic acids is 2. The first-order chi connectivity index (χ1) is 20.9. The summed E-state index contributed by atoms with van der Waals surface area (Å²) in [5.74, 6) is 0.768. The van der Waals surface area contributed by atoms with Crippen LogP contribution in [-0.2, 0) is 13.0 Å². The Labute approximate surface area is 261 Å². The lowest BCUT2D eigenvalue weighted by Crippen LogP contribution is -2.48. The summed E-state index contributed by atoms with van der Waals surface area (Å²) in [4.78, 5) is 38.3. The molecule has 7 rings (SSSR count). The fraction of sp³-hybridized carbons (Fsp3) is 0.382. The van der Waals surface area contributed by atoms with Crippen LogP contribution in [-0.4, -0.2) is 66.4 Å². The van der Waals surface area contributed by atoms with Crippen molar-refractivity contribution in [2.75, 3.05) is 44.7 Å². The largest absolute Gasteiger partial charge is 0.497 e. The van der Waals surface area contributed by atoms with Gasteiger partial charge in [-0.25, -0.2) is 0 Å². The number of carbonyl (C=O) groups is 2. The van der Waals surface area contributed by atoms with Gasteiger partial charge in [0.15, 0.2) is 0 Å². The van der Waals surface area contributed by atoms with Crippen LogP contribution in [0.15, 0.2) is 60.9 Å². The fourth-order valence-electron chi connectivity index (χ4n) is 6.98. The predicted octanol–water partition coefficient (Wildman–Crippen LogP) is 6.68. The molecule has 2 saturated heterocycles. The molecule has 0 saturated carbocycles. The number of likely N-dealkylation sites (tertiary alicyclic amines) is 1. The summed E-state index contributed by atoms with van der Waals surface area (Å²) in [5, 5.41) is 1.36. The summed E-state index contributed by atoms with van der Waals surface area (Å²) < 4.78 is 6.27. The molecule has 2 amide bonds. The molecule has 4 aromatic rings. The predicted molar refractivity (Wildman–Crippen MR) is 172 cm³/mol. The number of halogens is 1. The van der Waals surface area contributed by atoms with Gasteiger partial charge < -0.3 is 19.4 Å². The maximum Gasteiger partial charge on any atom is 0.265 e. The molecule has 3 aliphatic rings. The molecule has 9 heteroatoms. The van der Waals surface area contributed by atoms with Crippen LogP contribution < -0.4 is 9.64 Å². The van der Waals surface area contributed by atoms with E-state index in [4.69, 9.17) is 16.3 Å². The number of aromatic nitrogens is 1. The van der Waals surface area contributed by atoms with E-state index in [2.05, 4.69) is 28.1 Å². The van der Waals surface area contributed by atoms with E-state index in [9.17, 15) is 9.59 Å². The number of hydrogen-bond donors (Lipinski definition) is 0. The number of methoxy groups -OCH3 is 1. The molecule has 7 nitrogen and oxygen atoms in total. The van der Waals surface area contributed by atoms with Crippen LogP contribution in [0.25, 0.3) is 10.1 Å². The molecular weight excluding hydrogens is 580 g/mol. The van der Waals surface area contributed by atoms with E-state index < -0.39 is 0 Å². The zero-order valence-corrected chi connectivity index (χ0v) is 25.9. The number of pyridine rings is 1. The number of nitrogens with zero attached hydrogens (tertiary/aromatic N) is 4. The van der Waals surface area contributed by atoms with Crippen molar-refractivity contribution in [3.05, 3.63) is 87.5 Å². The number of anilines is 1. The standard InChI is InChI=1S/C34H35ClN4O3S/c1-42-27-4-5-28-29(21-27)43-31(30(28)35)33(41)39-15-8-23-2-3-24(20-25(23)22-39)32(40)38-18-11-34(12-19-38)9-16-37(17-10-34)26-6-13-36-14-7-26/h2-7,13-14,20-21H,8-12,15-19,22H2,1H3. The van der Waals surface area contributed by atoms with Gasteiger partial charge in [0.2, 0.25) is 0 Å². The van der Waals surface area contributed by atoms with Gasteiger partial charge >= 0.3 is 0 Å². The highest BCUT2D eigenvalue weighted by atomic mass is 35.5. The van der Waals surface area contributed by atoms with Crippen LogP contribution in [0.5, 0.6) is 5.75 Å². The number of rotatable bonds is 4. The first-order valence-electron chi connectivity index (χ1n) is 15.0. The summed E-state index contributed by atoms with van der Waals surface area (Å²) in [6.45, 7) is 4.80. The van der Waals surface area contributed by atoms with E-state index in [1.165, 1.54) is 22.6 Å². The van der Waals surface area contributed by atoms with Gasteiger partial charge in [0.05, 0.1) is 12.1 Å². The van der Waals surface area contributed by atoms with Crippen LogP contribution in [0.1, 0.15) is 56.8 Å². The Bertz CT molecular complexity index is 1670. The summed E-state index contributed by atoms with van der Waals surface area (Å²) in [5.41, 5.74) is 4.53. The number of hydrogen-bond acceptors (Lipinski definition) is 6. The molecule has 2 aromatic heterocycles. The monoisotopic (exact) mass is 614 g/mol. The highest BCUT2D eigenvalue weighted by Crippen LogP contribution is 2.43. The van der Waals surface area contributed by atoms with Crippen molar-refractivity contribution in [3.63, 3.8) is 0 Å². The summed E-state index contributed by atoms with van der Waals surface area (Å²) in [6.07, 6.45) is 8.91. The van der Waals surface area contributed by atoms with E-state index >= 15 is 0 Å². The third-order valence-electron chi connectivity index (χ3n) is 9.75. The van der Waals surface area contributed by atoms with Gasteiger partial charge in [-0.3, -0.25) is 14.6 Å². The third-order valence-corrected chi connectivity index (χ3v) is 11.4. The molecule has 2 fully saturated rings. The van der Waals surface area contributed by atoms with Gasteiger partial charge in [-0.2, -0.15) is 0 Å². The Kier molecular flexibility index (Phi) is 7.51. The Morgan fingerprint density at radius 1 is 0.860 bits per heavy atom. The lowest BCUT2D eigenvalue weighted by Gasteiger charge is -2.47. The minimum absolute atomic E-state index is 0.0659. The maximum absolute atomic E-state index is 13.6. The smallest absolute Gasteiger partial charge is 0.265 e. The number of amides is 2. The van der Waals surface area contributed by atoms with Crippen molar-refractivity contribution >= 4 is 50.5 Å². The first kappa shape index (κ1) is 28.2. The van der Waals surface area contributed by atoms with Crippen LogP contribution in [0.4, 0.5) is 5.69 Å². The molecule has 3 aliphatic heterocycles. The van der Waals surface area contributed by atoms with Crippen LogP contribution in [0.2, 0.25) is 5.02 Å². The number of thiophene rings is 1. The van der Waals surface area contributed by atoms with Crippen LogP contribution in [0.3, 0.4) is 0 Å². The summed E-state index contributed by atoms with van der Waals surface area (Å²) in [7, 11) is 1.63. The lowest BCUT2D eigenvalue weighted by molar-refractivity contribution is 0.0515. The van der Waals surface area contributed by atoms with Crippen molar-refractivity contribution in [1.29, 1.82) is 0 Å². The molecule has 0 aliphatic carbocycles. The van der Waals surface area contributed by atoms with Crippen molar-refractivity contribution in [3.8, 4) is 5.75 Å². The van der Waals surface area contributed by atoms with Gasteiger partial charge in [0, 0.05) is 73.0 Å². The van der Waals surface area contributed by atoms with Gasteiger partial charge in [0.25, 0.3) is 11.8 Å². The maximum atomic E-state index is 13.6.